The molecule has 2 atom stereocenters. The van der Waals surface area contributed by atoms with E-state index < -0.39 is 0 Å². The fraction of sp³-hybridized carbons (Fsp3) is 0.667. The molecule has 16 heavy (non-hydrogen) atoms. The highest BCUT2D eigenvalue weighted by atomic mass is 79.9. The average molecular weight is 303 g/mol. The van der Waals surface area contributed by atoms with E-state index in [9.17, 15) is 0 Å². The lowest BCUT2D eigenvalue weighted by Crippen LogP contribution is -2.41. The van der Waals surface area contributed by atoms with E-state index in [2.05, 4.69) is 39.2 Å². The minimum absolute atomic E-state index is 0.331. The molecule has 2 nitrogen and oxygen atoms in total. The van der Waals surface area contributed by atoms with E-state index in [4.69, 9.17) is 5.73 Å². The van der Waals surface area contributed by atoms with Crippen molar-refractivity contribution in [1.29, 1.82) is 0 Å². The van der Waals surface area contributed by atoms with E-state index in [0.717, 1.165) is 13.1 Å². The maximum Gasteiger partial charge on any atom is 0.0328 e. The highest BCUT2D eigenvalue weighted by Crippen LogP contribution is 2.24. The maximum absolute atomic E-state index is 6.00. The first kappa shape index (κ1) is 12.6. The number of halogens is 1. The summed E-state index contributed by atoms with van der Waals surface area (Å²) in [5.74, 6) is 0.678. The molecule has 0 aliphatic carbocycles. The zero-order valence-corrected chi connectivity index (χ0v) is 12.1. The second kappa shape index (κ2) is 5.63. The highest BCUT2D eigenvalue weighted by molar-refractivity contribution is 9.10. The summed E-state index contributed by atoms with van der Waals surface area (Å²) in [4.78, 5) is 3.98. The van der Waals surface area contributed by atoms with Crippen molar-refractivity contribution in [2.75, 3.05) is 13.1 Å². The van der Waals surface area contributed by atoms with Gasteiger partial charge in [0, 0.05) is 33.9 Å². The van der Waals surface area contributed by atoms with Gasteiger partial charge < -0.3 is 5.73 Å². The summed E-state index contributed by atoms with van der Waals surface area (Å²) < 4.78 is 1.20. The van der Waals surface area contributed by atoms with Crippen LogP contribution in [0, 0.1) is 5.92 Å². The van der Waals surface area contributed by atoms with Gasteiger partial charge in [0.2, 0.25) is 0 Å². The molecular formula is C12H19BrN2S. The lowest BCUT2D eigenvalue weighted by molar-refractivity contribution is 0.155. The third-order valence-electron chi connectivity index (χ3n) is 3.29. The summed E-state index contributed by atoms with van der Waals surface area (Å²) in [6.45, 7) is 5.60. The summed E-state index contributed by atoms with van der Waals surface area (Å²) >= 11 is 5.34. The molecule has 0 saturated carbocycles. The summed E-state index contributed by atoms with van der Waals surface area (Å²) in [6, 6.07) is 2.55. The summed E-state index contributed by atoms with van der Waals surface area (Å²) in [5, 5.41) is 2.16. The standard InChI is InChI=1S/C12H19BrN2S/c1-9(14)10-3-2-4-15(6-10)7-12-5-11(13)8-16-12/h5,8-10H,2-4,6-7,14H2,1H3. The van der Waals surface area contributed by atoms with Gasteiger partial charge in [0.25, 0.3) is 0 Å². The van der Waals surface area contributed by atoms with Gasteiger partial charge in [-0.3, -0.25) is 4.90 Å². The van der Waals surface area contributed by atoms with Gasteiger partial charge in [-0.2, -0.15) is 0 Å². The predicted molar refractivity (Wildman–Crippen MR) is 73.7 cm³/mol. The SMILES string of the molecule is CC(N)C1CCCN(Cc2cc(Br)cs2)C1. The Balaban J connectivity index is 1.90. The number of rotatable bonds is 3. The molecule has 4 heteroatoms. The van der Waals surface area contributed by atoms with E-state index in [1.807, 2.05) is 11.3 Å². The van der Waals surface area contributed by atoms with Crippen LogP contribution in [0.4, 0.5) is 0 Å². The Morgan fingerprint density at radius 1 is 1.69 bits per heavy atom. The number of hydrogen-bond donors (Lipinski definition) is 1. The van der Waals surface area contributed by atoms with E-state index >= 15 is 0 Å². The molecule has 1 aromatic rings. The van der Waals surface area contributed by atoms with Crippen molar-refractivity contribution >= 4 is 27.3 Å². The quantitative estimate of drug-likeness (QED) is 0.930. The number of thiophene rings is 1. The lowest BCUT2D eigenvalue weighted by atomic mass is 9.92. The average Bonchev–Trinajstić information content (AvgIpc) is 2.64. The van der Waals surface area contributed by atoms with Crippen LogP contribution < -0.4 is 5.73 Å². The number of piperidine rings is 1. The third kappa shape index (κ3) is 3.29. The van der Waals surface area contributed by atoms with Gasteiger partial charge in [-0.25, -0.2) is 0 Å². The van der Waals surface area contributed by atoms with Crippen LogP contribution in [0.25, 0.3) is 0 Å². The van der Waals surface area contributed by atoms with Gasteiger partial charge in [0.1, 0.15) is 0 Å². The van der Waals surface area contributed by atoms with E-state index in [0.29, 0.717) is 12.0 Å². The van der Waals surface area contributed by atoms with Crippen molar-refractivity contribution in [3.05, 3.63) is 20.8 Å². The first-order valence-electron chi connectivity index (χ1n) is 5.86. The first-order valence-corrected chi connectivity index (χ1v) is 7.53. The van der Waals surface area contributed by atoms with E-state index in [1.165, 1.54) is 28.7 Å². The van der Waals surface area contributed by atoms with Crippen molar-refractivity contribution in [3.8, 4) is 0 Å². The van der Waals surface area contributed by atoms with Crippen molar-refractivity contribution < 1.29 is 0 Å². The van der Waals surface area contributed by atoms with Crippen molar-refractivity contribution in [2.24, 2.45) is 11.7 Å². The number of likely N-dealkylation sites (tertiary alicyclic amines) is 1. The molecule has 90 valence electrons. The minimum Gasteiger partial charge on any atom is -0.328 e. The number of nitrogens with two attached hydrogens (primary N) is 1. The van der Waals surface area contributed by atoms with Crippen molar-refractivity contribution in [3.63, 3.8) is 0 Å². The van der Waals surface area contributed by atoms with Crippen LogP contribution in [0.15, 0.2) is 15.9 Å². The zero-order valence-electron chi connectivity index (χ0n) is 9.66. The summed E-state index contributed by atoms with van der Waals surface area (Å²) in [5.41, 5.74) is 6.00. The van der Waals surface area contributed by atoms with E-state index in [1.54, 1.807) is 0 Å². The summed E-state index contributed by atoms with van der Waals surface area (Å²) in [6.07, 6.45) is 2.58. The minimum atomic E-state index is 0.331. The van der Waals surface area contributed by atoms with Crippen LogP contribution in [0.3, 0.4) is 0 Å². The van der Waals surface area contributed by atoms with Crippen LogP contribution in [0.5, 0.6) is 0 Å². The molecule has 1 aromatic heterocycles. The molecular weight excluding hydrogens is 284 g/mol. The van der Waals surface area contributed by atoms with Crippen molar-refractivity contribution in [2.45, 2.75) is 32.4 Å². The largest absolute Gasteiger partial charge is 0.328 e. The van der Waals surface area contributed by atoms with Crippen LogP contribution >= 0.6 is 27.3 Å². The molecule has 2 heterocycles. The van der Waals surface area contributed by atoms with Gasteiger partial charge in [-0.1, -0.05) is 0 Å². The smallest absolute Gasteiger partial charge is 0.0328 e. The third-order valence-corrected chi connectivity index (χ3v) is 4.97. The Labute approximate surface area is 110 Å². The topological polar surface area (TPSA) is 29.3 Å². The highest BCUT2D eigenvalue weighted by Gasteiger charge is 2.22. The molecule has 1 fully saturated rings. The monoisotopic (exact) mass is 302 g/mol. The molecule has 0 bridgehead atoms. The van der Waals surface area contributed by atoms with Crippen LogP contribution in [-0.4, -0.2) is 24.0 Å². The molecule has 0 spiro atoms. The molecule has 2 unspecified atom stereocenters. The zero-order chi connectivity index (χ0) is 11.5. The molecule has 0 aromatic carbocycles. The predicted octanol–water partition coefficient (Wildman–Crippen LogP) is 3.07. The van der Waals surface area contributed by atoms with E-state index in [-0.39, 0.29) is 0 Å². The molecule has 2 N–H and O–H groups in total. The molecule has 0 amide bonds. The van der Waals surface area contributed by atoms with Crippen molar-refractivity contribution in [1.82, 2.24) is 4.90 Å². The molecule has 1 aliphatic heterocycles. The Morgan fingerprint density at radius 2 is 2.50 bits per heavy atom. The van der Waals surface area contributed by atoms with Gasteiger partial charge in [0.05, 0.1) is 0 Å². The molecule has 1 saturated heterocycles. The maximum atomic E-state index is 6.00. The van der Waals surface area contributed by atoms with Gasteiger partial charge >= 0.3 is 0 Å². The molecule has 0 radical (unpaired) electrons. The Hall–Kier alpha value is 0.1000. The number of hydrogen-bond acceptors (Lipinski definition) is 3. The Kier molecular flexibility index (Phi) is 4.41. The van der Waals surface area contributed by atoms with Crippen LogP contribution in [0.2, 0.25) is 0 Å². The fourth-order valence-electron chi connectivity index (χ4n) is 2.32. The Bertz CT molecular complexity index is 338. The lowest BCUT2D eigenvalue weighted by Gasteiger charge is -2.34. The Morgan fingerprint density at radius 3 is 3.12 bits per heavy atom. The number of nitrogens with zero attached hydrogens (tertiary/aromatic N) is 1. The van der Waals surface area contributed by atoms with Gasteiger partial charge in [-0.05, 0) is 54.2 Å². The second-order valence-electron chi connectivity index (χ2n) is 4.73. The molecule has 2 rings (SSSR count). The van der Waals surface area contributed by atoms with Gasteiger partial charge in [0.15, 0.2) is 0 Å². The summed E-state index contributed by atoms with van der Waals surface area (Å²) in [7, 11) is 0. The molecule has 1 aliphatic rings. The normalized spacial score (nSPS) is 24.6. The first-order chi connectivity index (χ1) is 7.65. The van der Waals surface area contributed by atoms with Gasteiger partial charge in [-0.15, -0.1) is 11.3 Å². The van der Waals surface area contributed by atoms with Crippen LogP contribution in [-0.2, 0) is 6.54 Å². The second-order valence-corrected chi connectivity index (χ2v) is 6.64. The van der Waals surface area contributed by atoms with Crippen LogP contribution in [0.1, 0.15) is 24.6 Å². The fourth-order valence-corrected chi connectivity index (χ4v) is 3.81.